The van der Waals surface area contributed by atoms with Gasteiger partial charge in [-0.05, 0) is 61.2 Å². The van der Waals surface area contributed by atoms with Gasteiger partial charge in [-0.2, -0.15) is 5.26 Å². The summed E-state index contributed by atoms with van der Waals surface area (Å²) in [5.41, 5.74) is 2.88. The van der Waals surface area contributed by atoms with Gasteiger partial charge in [-0.1, -0.05) is 26.0 Å². The van der Waals surface area contributed by atoms with Crippen molar-refractivity contribution < 1.29 is 14.3 Å². The Kier molecular flexibility index (Phi) is 7.88. The Morgan fingerprint density at radius 3 is 2.46 bits per heavy atom. The molecule has 0 aliphatic heterocycles. The molecule has 0 saturated carbocycles. The quantitative estimate of drug-likeness (QED) is 0.624. The summed E-state index contributed by atoms with van der Waals surface area (Å²) >= 11 is 0. The van der Waals surface area contributed by atoms with Crippen molar-refractivity contribution in [2.24, 2.45) is 0 Å². The second-order valence-corrected chi connectivity index (χ2v) is 6.87. The first-order valence-corrected chi connectivity index (χ1v) is 9.59. The average molecular weight is 380 g/mol. The molecule has 2 rings (SSSR count). The summed E-state index contributed by atoms with van der Waals surface area (Å²) < 4.78 is 11.3. The van der Waals surface area contributed by atoms with Gasteiger partial charge in [0.1, 0.15) is 11.5 Å². The average Bonchev–Trinajstić information content (AvgIpc) is 2.68. The van der Waals surface area contributed by atoms with Crippen molar-refractivity contribution in [3.63, 3.8) is 0 Å². The van der Waals surface area contributed by atoms with E-state index in [-0.39, 0.29) is 18.9 Å². The van der Waals surface area contributed by atoms with Crippen LogP contribution in [0.3, 0.4) is 0 Å². The van der Waals surface area contributed by atoms with Gasteiger partial charge in [0.05, 0.1) is 19.1 Å². The lowest BCUT2D eigenvalue weighted by atomic mass is 10.0. The van der Waals surface area contributed by atoms with E-state index in [4.69, 9.17) is 14.7 Å². The van der Waals surface area contributed by atoms with Crippen molar-refractivity contribution in [1.29, 1.82) is 5.26 Å². The second kappa shape index (κ2) is 10.4. The van der Waals surface area contributed by atoms with Crippen molar-refractivity contribution in [2.75, 3.05) is 24.7 Å². The summed E-state index contributed by atoms with van der Waals surface area (Å²) in [4.78, 5) is 14.4. The minimum absolute atomic E-state index is 0.0815. The topological polar surface area (TPSA) is 62.6 Å². The molecule has 0 N–H and O–H groups in total. The van der Waals surface area contributed by atoms with Crippen LogP contribution < -0.4 is 14.4 Å². The highest BCUT2D eigenvalue weighted by Crippen LogP contribution is 2.28. The van der Waals surface area contributed by atoms with Gasteiger partial charge in [0.2, 0.25) is 0 Å². The molecule has 5 nitrogen and oxygen atoms in total. The fourth-order valence-corrected chi connectivity index (χ4v) is 2.91. The molecule has 2 aromatic carbocycles. The van der Waals surface area contributed by atoms with Crippen LogP contribution in [0.1, 0.15) is 44.2 Å². The highest BCUT2D eigenvalue weighted by atomic mass is 16.5. The maximum atomic E-state index is 12.9. The minimum Gasteiger partial charge on any atom is -0.494 e. The zero-order valence-corrected chi connectivity index (χ0v) is 17.1. The molecule has 5 heteroatoms. The van der Waals surface area contributed by atoms with Crippen molar-refractivity contribution in [3.8, 4) is 17.6 Å². The molecule has 0 spiro atoms. The monoisotopic (exact) mass is 380 g/mol. The van der Waals surface area contributed by atoms with E-state index >= 15 is 0 Å². The van der Waals surface area contributed by atoms with Crippen molar-refractivity contribution in [1.82, 2.24) is 0 Å². The van der Waals surface area contributed by atoms with Crippen LogP contribution in [0.4, 0.5) is 5.69 Å². The normalized spacial score (nSPS) is 10.4. The van der Waals surface area contributed by atoms with Gasteiger partial charge in [-0.15, -0.1) is 0 Å². The fraction of sp³-hybridized carbons (Fsp3) is 0.391. The maximum Gasteiger partial charge on any atom is 0.264 e. The number of ether oxygens (including phenoxy) is 2. The fourth-order valence-electron chi connectivity index (χ4n) is 2.91. The molecule has 0 unspecified atom stereocenters. The number of anilines is 1. The van der Waals surface area contributed by atoms with E-state index < -0.39 is 0 Å². The number of rotatable bonds is 9. The Bertz CT molecular complexity index is 823. The van der Waals surface area contributed by atoms with Crippen LogP contribution in [0.2, 0.25) is 0 Å². The van der Waals surface area contributed by atoms with Gasteiger partial charge in [0.25, 0.3) is 5.91 Å². The lowest BCUT2D eigenvalue weighted by molar-refractivity contribution is -0.120. The molecule has 148 valence electrons. The van der Waals surface area contributed by atoms with Gasteiger partial charge in [0, 0.05) is 12.2 Å². The van der Waals surface area contributed by atoms with Gasteiger partial charge >= 0.3 is 0 Å². The van der Waals surface area contributed by atoms with Gasteiger partial charge < -0.3 is 14.4 Å². The number of nitriles is 1. The second-order valence-electron chi connectivity index (χ2n) is 6.87. The number of carbonyl (C=O) groups is 1. The number of carbonyl (C=O) groups excluding carboxylic acids is 1. The molecule has 0 bridgehead atoms. The van der Waals surface area contributed by atoms with E-state index in [2.05, 4.69) is 19.9 Å². The van der Waals surface area contributed by atoms with Crippen LogP contribution >= 0.6 is 0 Å². The van der Waals surface area contributed by atoms with Crippen molar-refractivity contribution in [3.05, 3.63) is 53.6 Å². The third-order valence-corrected chi connectivity index (χ3v) is 4.35. The molecule has 1 amide bonds. The van der Waals surface area contributed by atoms with Crippen LogP contribution in [-0.2, 0) is 4.79 Å². The SMILES string of the molecule is CCOc1ccc(N(CCC#N)C(=O)COc2cc(C)ccc2C(C)C)cc1. The molecule has 0 aliphatic rings. The summed E-state index contributed by atoms with van der Waals surface area (Å²) in [6.07, 6.45) is 0.251. The van der Waals surface area contributed by atoms with E-state index in [1.165, 1.54) is 0 Å². The lowest BCUT2D eigenvalue weighted by Gasteiger charge is -2.23. The molecule has 0 radical (unpaired) electrons. The van der Waals surface area contributed by atoms with Crippen LogP contribution in [0.25, 0.3) is 0 Å². The Balaban J connectivity index is 2.15. The van der Waals surface area contributed by atoms with Gasteiger partial charge in [-0.3, -0.25) is 4.79 Å². The maximum absolute atomic E-state index is 12.9. The summed E-state index contributed by atoms with van der Waals surface area (Å²) in [6.45, 7) is 8.93. The molecule has 28 heavy (non-hydrogen) atoms. The Labute approximate surface area is 167 Å². The molecule has 0 aliphatic carbocycles. The first kappa shape index (κ1) is 21.3. The van der Waals surface area contributed by atoms with Crippen LogP contribution in [0.5, 0.6) is 11.5 Å². The van der Waals surface area contributed by atoms with E-state index in [1.54, 1.807) is 4.90 Å². The number of nitrogens with zero attached hydrogens (tertiary/aromatic N) is 2. The number of aryl methyl sites for hydroxylation is 1. The molecular formula is C23H28N2O3. The van der Waals surface area contributed by atoms with Crippen LogP contribution in [0.15, 0.2) is 42.5 Å². The Morgan fingerprint density at radius 1 is 1.14 bits per heavy atom. The number of hydrogen-bond acceptors (Lipinski definition) is 4. The van der Waals surface area contributed by atoms with Crippen molar-refractivity contribution >= 4 is 11.6 Å². The van der Waals surface area contributed by atoms with E-state index in [9.17, 15) is 4.79 Å². The number of hydrogen-bond donors (Lipinski definition) is 0. The summed E-state index contributed by atoms with van der Waals surface area (Å²) in [5.74, 6) is 1.59. The molecule has 0 atom stereocenters. The third-order valence-electron chi connectivity index (χ3n) is 4.35. The zero-order chi connectivity index (χ0) is 20.5. The number of amides is 1. The van der Waals surface area contributed by atoms with Crippen LogP contribution in [0, 0.1) is 18.3 Å². The molecule has 0 fully saturated rings. The first-order chi connectivity index (χ1) is 13.5. The molecule has 0 heterocycles. The van der Waals surface area contributed by atoms with E-state index in [0.29, 0.717) is 19.1 Å². The summed E-state index contributed by atoms with van der Waals surface area (Å²) in [7, 11) is 0. The summed E-state index contributed by atoms with van der Waals surface area (Å²) in [6, 6.07) is 15.4. The molecular weight excluding hydrogens is 352 g/mol. The Morgan fingerprint density at radius 2 is 1.86 bits per heavy atom. The first-order valence-electron chi connectivity index (χ1n) is 9.59. The standard InChI is InChI=1S/C23H28N2O3/c1-5-27-20-10-8-19(9-11-20)25(14-6-13-24)23(26)16-28-22-15-18(4)7-12-21(22)17(2)3/h7-12,15,17H,5-6,14,16H2,1-4H3. The third kappa shape index (κ3) is 5.75. The molecule has 0 saturated heterocycles. The van der Waals surface area contributed by atoms with E-state index in [0.717, 1.165) is 28.3 Å². The minimum atomic E-state index is -0.185. The zero-order valence-electron chi connectivity index (χ0n) is 17.1. The van der Waals surface area contributed by atoms with Crippen LogP contribution in [-0.4, -0.2) is 25.7 Å². The summed E-state index contributed by atoms with van der Waals surface area (Å²) in [5, 5.41) is 8.95. The Hall–Kier alpha value is -3.00. The predicted molar refractivity (Wildman–Crippen MR) is 111 cm³/mol. The smallest absolute Gasteiger partial charge is 0.264 e. The number of benzene rings is 2. The van der Waals surface area contributed by atoms with Crippen molar-refractivity contribution in [2.45, 2.75) is 40.0 Å². The molecule has 0 aromatic heterocycles. The lowest BCUT2D eigenvalue weighted by Crippen LogP contribution is -2.35. The van der Waals surface area contributed by atoms with Gasteiger partial charge in [-0.25, -0.2) is 0 Å². The highest BCUT2D eigenvalue weighted by molar-refractivity contribution is 5.94. The predicted octanol–water partition coefficient (Wildman–Crippen LogP) is 4.84. The van der Waals surface area contributed by atoms with Gasteiger partial charge in [0.15, 0.2) is 6.61 Å². The highest BCUT2D eigenvalue weighted by Gasteiger charge is 2.18. The van der Waals surface area contributed by atoms with E-state index in [1.807, 2.05) is 56.3 Å². The molecule has 2 aromatic rings. The largest absolute Gasteiger partial charge is 0.494 e.